The Labute approximate surface area is 130 Å². The van der Waals surface area contributed by atoms with Gasteiger partial charge in [0.25, 0.3) is 0 Å². The Morgan fingerprint density at radius 3 is 2.57 bits per heavy atom. The average molecular weight is 285 g/mol. The highest BCUT2D eigenvalue weighted by Gasteiger charge is 2.34. The lowest BCUT2D eigenvalue weighted by Gasteiger charge is -2.41. The molecule has 2 unspecified atom stereocenters. The first kappa shape index (κ1) is 15.1. The molecule has 116 valence electrons. The van der Waals surface area contributed by atoms with Gasteiger partial charge >= 0.3 is 0 Å². The summed E-state index contributed by atoms with van der Waals surface area (Å²) < 4.78 is 0. The van der Waals surface area contributed by atoms with E-state index in [0.29, 0.717) is 5.41 Å². The molecule has 0 spiro atoms. The van der Waals surface area contributed by atoms with Crippen LogP contribution in [-0.4, -0.2) is 12.6 Å². The number of hydrogen-bond acceptors (Lipinski definition) is 1. The van der Waals surface area contributed by atoms with Crippen molar-refractivity contribution in [2.24, 2.45) is 11.3 Å². The first-order chi connectivity index (χ1) is 10.1. The summed E-state index contributed by atoms with van der Waals surface area (Å²) >= 11 is 0. The van der Waals surface area contributed by atoms with Crippen molar-refractivity contribution in [2.75, 3.05) is 6.54 Å². The molecule has 2 aliphatic carbocycles. The minimum atomic E-state index is 0.580. The lowest BCUT2D eigenvalue weighted by atomic mass is 9.67. The van der Waals surface area contributed by atoms with Gasteiger partial charge in [-0.2, -0.15) is 0 Å². The summed E-state index contributed by atoms with van der Waals surface area (Å²) in [4.78, 5) is 0. The number of nitrogens with one attached hydrogen (secondary N) is 1. The summed E-state index contributed by atoms with van der Waals surface area (Å²) in [6.45, 7) is 8.24. The summed E-state index contributed by atoms with van der Waals surface area (Å²) in [5.41, 5.74) is 3.79. The summed E-state index contributed by atoms with van der Waals surface area (Å²) in [5, 5.41) is 3.81. The van der Waals surface area contributed by atoms with Gasteiger partial charge in [-0.1, -0.05) is 45.0 Å². The molecule has 1 heteroatoms. The molecule has 2 aliphatic rings. The third-order valence-corrected chi connectivity index (χ3v) is 5.92. The zero-order valence-corrected chi connectivity index (χ0v) is 14.0. The van der Waals surface area contributed by atoms with Crippen LogP contribution >= 0.6 is 0 Å². The van der Waals surface area contributed by atoms with Gasteiger partial charge in [0.05, 0.1) is 0 Å². The van der Waals surface area contributed by atoms with E-state index in [4.69, 9.17) is 0 Å². The maximum Gasteiger partial charge on any atom is 0.0101 e. The summed E-state index contributed by atoms with van der Waals surface area (Å²) in [6, 6.07) is 9.76. The van der Waals surface area contributed by atoms with Crippen LogP contribution in [0.5, 0.6) is 0 Å². The van der Waals surface area contributed by atoms with E-state index in [0.717, 1.165) is 24.4 Å². The zero-order chi connectivity index (χ0) is 14.9. The number of benzene rings is 1. The third-order valence-electron chi connectivity index (χ3n) is 5.92. The van der Waals surface area contributed by atoms with Crippen LogP contribution in [0, 0.1) is 11.3 Å². The summed E-state index contributed by atoms with van der Waals surface area (Å²) in [5.74, 6) is 1.70. The molecule has 0 heterocycles. The molecular formula is C20H31N. The highest BCUT2D eigenvalue weighted by molar-refractivity contribution is 5.39. The van der Waals surface area contributed by atoms with E-state index < -0.39 is 0 Å². The number of hydrogen-bond donors (Lipinski definition) is 1. The molecular weight excluding hydrogens is 254 g/mol. The summed E-state index contributed by atoms with van der Waals surface area (Å²) in [7, 11) is 0. The second-order valence-corrected chi connectivity index (χ2v) is 8.00. The van der Waals surface area contributed by atoms with Gasteiger partial charge in [-0.15, -0.1) is 0 Å². The smallest absolute Gasteiger partial charge is 0.0101 e. The van der Waals surface area contributed by atoms with Gasteiger partial charge in [-0.05, 0) is 73.4 Å². The van der Waals surface area contributed by atoms with Crippen molar-refractivity contribution in [1.82, 2.24) is 5.32 Å². The molecule has 1 aromatic carbocycles. The monoisotopic (exact) mass is 285 g/mol. The fourth-order valence-corrected chi connectivity index (χ4v) is 4.41. The molecule has 0 amide bonds. The lowest BCUT2D eigenvalue weighted by Crippen LogP contribution is -2.41. The van der Waals surface area contributed by atoms with Gasteiger partial charge in [-0.25, -0.2) is 0 Å². The third kappa shape index (κ3) is 3.34. The van der Waals surface area contributed by atoms with Crippen molar-refractivity contribution in [3.05, 3.63) is 35.4 Å². The van der Waals surface area contributed by atoms with Crippen LogP contribution in [0.15, 0.2) is 24.3 Å². The Morgan fingerprint density at radius 2 is 1.90 bits per heavy atom. The molecule has 2 atom stereocenters. The predicted molar refractivity (Wildman–Crippen MR) is 90.7 cm³/mol. The fourth-order valence-electron chi connectivity index (χ4n) is 4.41. The van der Waals surface area contributed by atoms with Crippen LogP contribution < -0.4 is 5.32 Å². The highest BCUT2D eigenvalue weighted by atomic mass is 14.9. The van der Waals surface area contributed by atoms with E-state index in [1.165, 1.54) is 38.5 Å². The predicted octanol–water partition coefficient (Wildman–Crippen LogP) is 4.91. The standard InChI is InChI=1S/C20H31N/c1-4-21-19(15-9-11-20(2,3)12-10-15)14-17-13-16-7-5-6-8-18(16)17/h5-8,15,17,19,21H,4,9-14H2,1-3H3. The molecule has 0 radical (unpaired) electrons. The molecule has 0 bridgehead atoms. The van der Waals surface area contributed by atoms with E-state index in [9.17, 15) is 0 Å². The largest absolute Gasteiger partial charge is 0.314 e. The summed E-state index contributed by atoms with van der Waals surface area (Å²) in [6.07, 6.45) is 8.28. The minimum absolute atomic E-state index is 0.580. The second-order valence-electron chi connectivity index (χ2n) is 8.00. The highest BCUT2D eigenvalue weighted by Crippen LogP contribution is 2.43. The average Bonchev–Trinajstić information content (AvgIpc) is 2.44. The van der Waals surface area contributed by atoms with Crippen molar-refractivity contribution in [3.8, 4) is 0 Å². The van der Waals surface area contributed by atoms with Crippen LogP contribution in [0.3, 0.4) is 0 Å². The Kier molecular flexibility index (Phi) is 4.40. The van der Waals surface area contributed by atoms with E-state index in [-0.39, 0.29) is 0 Å². The van der Waals surface area contributed by atoms with Gasteiger partial charge in [0.2, 0.25) is 0 Å². The van der Waals surface area contributed by atoms with Crippen LogP contribution in [0.1, 0.15) is 69.9 Å². The SMILES string of the molecule is CCNC(CC1Cc2ccccc21)C1CCC(C)(C)CC1. The maximum absolute atomic E-state index is 3.81. The van der Waals surface area contributed by atoms with Crippen LogP contribution in [-0.2, 0) is 6.42 Å². The van der Waals surface area contributed by atoms with Gasteiger partial charge < -0.3 is 5.32 Å². The van der Waals surface area contributed by atoms with Crippen LogP contribution in [0.2, 0.25) is 0 Å². The molecule has 1 nitrogen and oxygen atoms in total. The first-order valence-corrected chi connectivity index (χ1v) is 8.90. The topological polar surface area (TPSA) is 12.0 Å². The van der Waals surface area contributed by atoms with Gasteiger partial charge in [0.15, 0.2) is 0 Å². The van der Waals surface area contributed by atoms with Crippen LogP contribution in [0.4, 0.5) is 0 Å². The first-order valence-electron chi connectivity index (χ1n) is 8.90. The van der Waals surface area contributed by atoms with Gasteiger partial charge in [-0.3, -0.25) is 0 Å². The lowest BCUT2D eigenvalue weighted by molar-refractivity contribution is 0.153. The van der Waals surface area contributed by atoms with E-state index >= 15 is 0 Å². The van der Waals surface area contributed by atoms with Crippen molar-refractivity contribution in [2.45, 2.75) is 71.3 Å². The van der Waals surface area contributed by atoms with Crippen molar-refractivity contribution in [1.29, 1.82) is 0 Å². The van der Waals surface area contributed by atoms with Crippen molar-refractivity contribution in [3.63, 3.8) is 0 Å². The Balaban J connectivity index is 1.61. The van der Waals surface area contributed by atoms with E-state index in [2.05, 4.69) is 50.4 Å². The molecule has 1 aromatic rings. The number of fused-ring (bicyclic) bond motifs is 1. The number of rotatable bonds is 5. The Bertz CT molecular complexity index is 466. The van der Waals surface area contributed by atoms with Crippen molar-refractivity contribution < 1.29 is 0 Å². The molecule has 21 heavy (non-hydrogen) atoms. The minimum Gasteiger partial charge on any atom is -0.314 e. The zero-order valence-electron chi connectivity index (χ0n) is 14.0. The maximum atomic E-state index is 3.81. The molecule has 1 saturated carbocycles. The normalized spacial score (nSPS) is 26.0. The Morgan fingerprint density at radius 1 is 1.19 bits per heavy atom. The van der Waals surface area contributed by atoms with Gasteiger partial charge in [0, 0.05) is 6.04 Å². The van der Waals surface area contributed by atoms with Crippen LogP contribution in [0.25, 0.3) is 0 Å². The molecule has 0 saturated heterocycles. The Hall–Kier alpha value is -0.820. The molecule has 3 rings (SSSR count). The fraction of sp³-hybridized carbons (Fsp3) is 0.700. The second kappa shape index (κ2) is 6.12. The van der Waals surface area contributed by atoms with Crippen molar-refractivity contribution >= 4 is 0 Å². The van der Waals surface area contributed by atoms with E-state index in [1.54, 1.807) is 11.1 Å². The van der Waals surface area contributed by atoms with Gasteiger partial charge in [0.1, 0.15) is 0 Å². The molecule has 0 aromatic heterocycles. The quantitative estimate of drug-likeness (QED) is 0.810. The van der Waals surface area contributed by atoms with E-state index in [1.807, 2.05) is 0 Å². The molecule has 0 aliphatic heterocycles. The molecule has 1 fully saturated rings. The molecule has 1 N–H and O–H groups in total.